The van der Waals surface area contributed by atoms with Gasteiger partial charge in [-0.3, -0.25) is 14.6 Å². The number of methoxy groups -OCH3 is 1. The molecular formula is C22H27N5O4. The number of hydrogen-bond acceptors (Lipinski definition) is 6. The highest BCUT2D eigenvalue weighted by molar-refractivity contribution is 6.08. The molecule has 0 saturated carbocycles. The molecule has 1 aromatic carbocycles. The molecule has 2 amide bonds. The Labute approximate surface area is 180 Å². The van der Waals surface area contributed by atoms with Crippen LogP contribution in [0.5, 0.6) is 0 Å². The summed E-state index contributed by atoms with van der Waals surface area (Å²) in [5.74, 6) is -0.0259. The summed E-state index contributed by atoms with van der Waals surface area (Å²) in [6.45, 7) is 4.23. The number of aliphatic hydroxyl groups is 1. The molecule has 0 aliphatic carbocycles. The Bertz CT molecular complexity index is 1060. The van der Waals surface area contributed by atoms with Gasteiger partial charge in [-0.25, -0.2) is 4.98 Å². The summed E-state index contributed by atoms with van der Waals surface area (Å²) in [5, 5.41) is 15.3. The van der Waals surface area contributed by atoms with E-state index in [1.54, 1.807) is 25.4 Å². The molecule has 3 N–H and O–H groups in total. The van der Waals surface area contributed by atoms with Crippen molar-refractivity contribution in [1.82, 2.24) is 19.9 Å². The van der Waals surface area contributed by atoms with E-state index in [0.29, 0.717) is 53.4 Å². The molecule has 31 heavy (non-hydrogen) atoms. The largest absolute Gasteiger partial charge is 0.391 e. The molecule has 9 heteroatoms. The highest BCUT2D eigenvalue weighted by atomic mass is 16.5. The smallest absolute Gasteiger partial charge is 0.253 e. The number of aromatic nitrogens is 3. The number of benzene rings is 1. The van der Waals surface area contributed by atoms with Crippen LogP contribution in [0, 0.1) is 0 Å². The maximum absolute atomic E-state index is 13.1. The standard InChI is InChI=1S/C22H27N5O4/c1-4-16(29)13-24-22(30)17-11-15(25-14(2)28)12-19-20(17)27(9-10-31-3)21(26-19)18-7-5-6-8-23-18/h5-8,11-12,16,29H,4,9-10,13H2,1-3H3,(H,24,30)(H,25,28)/t16-/m0/s1. The molecule has 0 aliphatic heterocycles. The third-order valence-corrected chi connectivity index (χ3v) is 4.79. The number of amides is 2. The molecule has 1 atom stereocenters. The highest BCUT2D eigenvalue weighted by Crippen LogP contribution is 2.29. The molecule has 0 unspecified atom stereocenters. The Balaban J connectivity index is 2.19. The van der Waals surface area contributed by atoms with Gasteiger partial charge in [-0.1, -0.05) is 13.0 Å². The van der Waals surface area contributed by atoms with Crippen LogP contribution in [-0.4, -0.2) is 57.8 Å². The van der Waals surface area contributed by atoms with Gasteiger partial charge in [0, 0.05) is 39.0 Å². The van der Waals surface area contributed by atoms with Crippen molar-refractivity contribution < 1.29 is 19.4 Å². The van der Waals surface area contributed by atoms with Crippen molar-refractivity contribution in [2.24, 2.45) is 0 Å². The molecule has 0 aliphatic rings. The van der Waals surface area contributed by atoms with E-state index in [1.165, 1.54) is 6.92 Å². The van der Waals surface area contributed by atoms with E-state index in [4.69, 9.17) is 9.72 Å². The summed E-state index contributed by atoms with van der Waals surface area (Å²) >= 11 is 0. The van der Waals surface area contributed by atoms with Crippen molar-refractivity contribution in [1.29, 1.82) is 0 Å². The molecule has 0 radical (unpaired) electrons. The molecule has 0 bridgehead atoms. The number of nitrogens with zero attached hydrogens (tertiary/aromatic N) is 3. The molecule has 0 fully saturated rings. The number of rotatable bonds is 9. The minimum atomic E-state index is -0.638. The van der Waals surface area contributed by atoms with Crippen LogP contribution >= 0.6 is 0 Å². The second-order valence-corrected chi connectivity index (χ2v) is 7.14. The topological polar surface area (TPSA) is 118 Å². The van der Waals surface area contributed by atoms with Gasteiger partial charge in [-0.05, 0) is 30.7 Å². The van der Waals surface area contributed by atoms with Gasteiger partial charge in [0.25, 0.3) is 5.91 Å². The molecular weight excluding hydrogens is 398 g/mol. The summed E-state index contributed by atoms with van der Waals surface area (Å²) < 4.78 is 7.16. The molecule has 164 valence electrons. The zero-order valence-corrected chi connectivity index (χ0v) is 17.9. The van der Waals surface area contributed by atoms with Crippen molar-refractivity contribution in [2.45, 2.75) is 32.9 Å². The predicted molar refractivity (Wildman–Crippen MR) is 118 cm³/mol. The lowest BCUT2D eigenvalue weighted by Crippen LogP contribution is -2.32. The Morgan fingerprint density at radius 1 is 1.29 bits per heavy atom. The number of pyridine rings is 1. The van der Waals surface area contributed by atoms with Crippen LogP contribution in [0.15, 0.2) is 36.5 Å². The van der Waals surface area contributed by atoms with Crippen molar-refractivity contribution in [2.75, 3.05) is 25.6 Å². The van der Waals surface area contributed by atoms with Gasteiger partial charge in [0.1, 0.15) is 5.69 Å². The normalized spacial score (nSPS) is 12.0. The third kappa shape index (κ3) is 5.25. The number of carbonyl (C=O) groups is 2. The van der Waals surface area contributed by atoms with E-state index in [1.807, 2.05) is 29.7 Å². The first-order valence-electron chi connectivity index (χ1n) is 10.1. The quantitative estimate of drug-likeness (QED) is 0.484. The van der Waals surface area contributed by atoms with Gasteiger partial charge in [-0.15, -0.1) is 0 Å². The first kappa shape index (κ1) is 22.4. The van der Waals surface area contributed by atoms with E-state index in [9.17, 15) is 14.7 Å². The van der Waals surface area contributed by atoms with Crippen LogP contribution < -0.4 is 10.6 Å². The average molecular weight is 425 g/mol. The first-order valence-corrected chi connectivity index (χ1v) is 10.1. The average Bonchev–Trinajstić information content (AvgIpc) is 3.13. The van der Waals surface area contributed by atoms with Gasteiger partial charge in [0.15, 0.2) is 5.82 Å². The number of anilines is 1. The Morgan fingerprint density at radius 2 is 2.10 bits per heavy atom. The second kappa shape index (κ2) is 10.1. The molecule has 3 rings (SSSR count). The van der Waals surface area contributed by atoms with Gasteiger partial charge in [-0.2, -0.15) is 0 Å². The number of carbonyl (C=O) groups excluding carboxylic acids is 2. The monoisotopic (exact) mass is 425 g/mol. The zero-order valence-electron chi connectivity index (χ0n) is 17.9. The predicted octanol–water partition coefficient (Wildman–Crippen LogP) is 2.20. The summed E-state index contributed by atoms with van der Waals surface area (Å²) in [6, 6.07) is 8.87. The highest BCUT2D eigenvalue weighted by Gasteiger charge is 2.21. The third-order valence-electron chi connectivity index (χ3n) is 4.79. The number of hydrogen-bond donors (Lipinski definition) is 3. The lowest BCUT2D eigenvalue weighted by atomic mass is 10.1. The van der Waals surface area contributed by atoms with E-state index in [0.717, 1.165) is 0 Å². The molecule has 9 nitrogen and oxygen atoms in total. The lowest BCUT2D eigenvalue weighted by molar-refractivity contribution is -0.114. The Kier molecular flexibility index (Phi) is 7.32. The lowest BCUT2D eigenvalue weighted by Gasteiger charge is -2.14. The van der Waals surface area contributed by atoms with Crippen molar-refractivity contribution in [3.05, 3.63) is 42.1 Å². The van der Waals surface area contributed by atoms with Crippen molar-refractivity contribution in [3.63, 3.8) is 0 Å². The van der Waals surface area contributed by atoms with E-state index < -0.39 is 6.10 Å². The second-order valence-electron chi connectivity index (χ2n) is 7.14. The van der Waals surface area contributed by atoms with Crippen LogP contribution in [0.3, 0.4) is 0 Å². The Morgan fingerprint density at radius 3 is 2.74 bits per heavy atom. The first-order chi connectivity index (χ1) is 14.9. The molecule has 3 aromatic rings. The summed E-state index contributed by atoms with van der Waals surface area (Å²) in [7, 11) is 1.61. The van der Waals surface area contributed by atoms with Crippen LogP contribution in [0.4, 0.5) is 5.69 Å². The van der Waals surface area contributed by atoms with E-state index in [2.05, 4.69) is 15.6 Å². The van der Waals surface area contributed by atoms with Crippen LogP contribution in [0.1, 0.15) is 30.6 Å². The summed E-state index contributed by atoms with van der Waals surface area (Å²) in [6.07, 6.45) is 1.56. The number of ether oxygens (including phenoxy) is 1. The molecule has 0 saturated heterocycles. The fourth-order valence-electron chi connectivity index (χ4n) is 3.26. The van der Waals surface area contributed by atoms with Crippen LogP contribution in [0.25, 0.3) is 22.6 Å². The van der Waals surface area contributed by atoms with Crippen LogP contribution in [0.2, 0.25) is 0 Å². The van der Waals surface area contributed by atoms with Gasteiger partial charge in [0.05, 0.1) is 29.3 Å². The van der Waals surface area contributed by atoms with E-state index >= 15 is 0 Å². The molecule has 0 spiro atoms. The number of imidazole rings is 1. The SMILES string of the molecule is CC[C@H](O)CNC(=O)c1cc(NC(C)=O)cc2nc(-c3ccccn3)n(CCOC)c12. The molecule has 2 heterocycles. The van der Waals surface area contributed by atoms with Crippen molar-refractivity contribution in [3.8, 4) is 11.5 Å². The fourth-order valence-corrected chi connectivity index (χ4v) is 3.26. The summed E-state index contributed by atoms with van der Waals surface area (Å²) in [5.41, 5.74) is 2.61. The Hall–Kier alpha value is -3.30. The maximum atomic E-state index is 13.1. The van der Waals surface area contributed by atoms with Gasteiger partial charge >= 0.3 is 0 Å². The fraction of sp³-hybridized carbons (Fsp3) is 0.364. The minimum absolute atomic E-state index is 0.125. The number of fused-ring (bicyclic) bond motifs is 1. The number of nitrogens with one attached hydrogen (secondary N) is 2. The van der Waals surface area contributed by atoms with Crippen molar-refractivity contribution >= 4 is 28.5 Å². The zero-order chi connectivity index (χ0) is 22.4. The number of aliphatic hydroxyl groups excluding tert-OH is 1. The van der Waals surface area contributed by atoms with Gasteiger partial charge < -0.3 is 25.0 Å². The maximum Gasteiger partial charge on any atom is 0.253 e. The van der Waals surface area contributed by atoms with Crippen LogP contribution in [-0.2, 0) is 16.1 Å². The van der Waals surface area contributed by atoms with E-state index in [-0.39, 0.29) is 18.4 Å². The summed E-state index contributed by atoms with van der Waals surface area (Å²) in [4.78, 5) is 33.8. The minimum Gasteiger partial charge on any atom is -0.391 e. The van der Waals surface area contributed by atoms with Gasteiger partial charge in [0.2, 0.25) is 5.91 Å². The molecule has 2 aromatic heterocycles.